The Hall–Kier alpha value is -5.12. The summed E-state index contributed by atoms with van der Waals surface area (Å²) in [6.45, 7) is 4.37. The molecule has 5 rings (SSSR count). The topological polar surface area (TPSA) is 236 Å². The van der Waals surface area contributed by atoms with Crippen LogP contribution in [0, 0.1) is 5.92 Å². The predicted octanol–water partition coefficient (Wildman–Crippen LogP) is 0.695. The number of primary amides is 1. The minimum atomic E-state index is -1.35. The number of nitrogens with one attached hydrogen (secondary N) is 2. The monoisotopic (exact) mass is 661 g/mol. The highest BCUT2D eigenvalue weighted by atomic mass is 16.3. The fourth-order valence-corrected chi connectivity index (χ4v) is 6.40. The second-order valence-corrected chi connectivity index (χ2v) is 13.0. The summed E-state index contributed by atoms with van der Waals surface area (Å²) in [6.07, 6.45) is 7.54. The number of Topliss-reactive ketones (excluding diaryl/α,β-unsaturated/α-hetero) is 1. The molecule has 3 atom stereocenters. The lowest BCUT2D eigenvalue weighted by atomic mass is 9.85. The molecule has 16 nitrogen and oxygen atoms in total. The number of ketones is 1. The van der Waals surface area contributed by atoms with Gasteiger partial charge >= 0.3 is 0 Å². The Morgan fingerprint density at radius 2 is 1.90 bits per heavy atom. The third-order valence-electron chi connectivity index (χ3n) is 8.96. The van der Waals surface area contributed by atoms with Gasteiger partial charge < -0.3 is 26.0 Å². The number of aliphatic imine (C=N–C) groups is 1. The van der Waals surface area contributed by atoms with Gasteiger partial charge in [-0.3, -0.25) is 28.8 Å². The van der Waals surface area contributed by atoms with E-state index in [-0.39, 0.29) is 53.0 Å². The van der Waals surface area contributed by atoms with Crippen LogP contribution >= 0.6 is 0 Å². The molecule has 0 spiro atoms. The molecular weight excluding hydrogens is 622 g/mol. The fraction of sp³-hybridized carbons (Fsp3) is 0.500. The van der Waals surface area contributed by atoms with Gasteiger partial charge in [-0.1, -0.05) is 37.3 Å². The van der Waals surface area contributed by atoms with Gasteiger partial charge in [-0.15, -0.1) is 5.10 Å². The summed E-state index contributed by atoms with van der Waals surface area (Å²) in [7, 11) is 0. The van der Waals surface area contributed by atoms with Crippen LogP contribution in [0.25, 0.3) is 10.9 Å². The van der Waals surface area contributed by atoms with E-state index in [1.807, 2.05) is 0 Å². The first kappa shape index (κ1) is 34.2. The van der Waals surface area contributed by atoms with Crippen molar-refractivity contribution in [3.63, 3.8) is 0 Å². The van der Waals surface area contributed by atoms with Gasteiger partial charge in [0.2, 0.25) is 11.7 Å². The molecular formula is C32H39N9O7. The molecule has 1 saturated heterocycles. The zero-order chi connectivity index (χ0) is 34.7. The zero-order valence-corrected chi connectivity index (χ0v) is 27.0. The first-order valence-corrected chi connectivity index (χ1v) is 15.9. The van der Waals surface area contributed by atoms with Crippen LogP contribution in [0.15, 0.2) is 40.5 Å². The first-order chi connectivity index (χ1) is 22.7. The van der Waals surface area contributed by atoms with Crippen molar-refractivity contribution in [2.24, 2.45) is 16.6 Å². The molecule has 1 aromatic carbocycles. The number of fused-ring (bicyclic) bond motifs is 1. The van der Waals surface area contributed by atoms with Crippen molar-refractivity contribution >= 4 is 46.0 Å². The predicted molar refractivity (Wildman–Crippen MR) is 172 cm³/mol. The van der Waals surface area contributed by atoms with Crippen LogP contribution in [0.5, 0.6) is 0 Å². The number of H-pyrrole nitrogens is 1. The minimum absolute atomic E-state index is 0.0248. The number of likely N-dealkylation sites (tertiary alicyclic amines) is 1. The Labute approximate surface area is 275 Å². The van der Waals surface area contributed by atoms with E-state index in [0.29, 0.717) is 5.69 Å². The Morgan fingerprint density at radius 1 is 1.17 bits per heavy atom. The third kappa shape index (κ3) is 7.38. The van der Waals surface area contributed by atoms with Crippen molar-refractivity contribution < 1.29 is 29.1 Å². The van der Waals surface area contributed by atoms with E-state index < -0.39 is 53.1 Å². The van der Waals surface area contributed by atoms with E-state index in [2.05, 4.69) is 30.6 Å². The van der Waals surface area contributed by atoms with Crippen LogP contribution in [-0.2, 0) is 24.8 Å². The van der Waals surface area contributed by atoms with Crippen molar-refractivity contribution in [3.05, 3.63) is 52.3 Å². The lowest BCUT2D eigenvalue weighted by Crippen LogP contribution is -2.52. The Bertz CT molecular complexity index is 1830. The highest BCUT2D eigenvalue weighted by molar-refractivity contribution is 6.41. The van der Waals surface area contributed by atoms with Crippen molar-refractivity contribution in [1.29, 1.82) is 0 Å². The van der Waals surface area contributed by atoms with Crippen molar-refractivity contribution in [1.82, 2.24) is 35.2 Å². The van der Waals surface area contributed by atoms with Crippen LogP contribution in [0.4, 0.5) is 0 Å². The maximum absolute atomic E-state index is 14.5. The van der Waals surface area contributed by atoms with E-state index in [0.717, 1.165) is 32.1 Å². The summed E-state index contributed by atoms with van der Waals surface area (Å²) < 4.78 is 1.46. The summed E-state index contributed by atoms with van der Waals surface area (Å²) >= 11 is 0. The van der Waals surface area contributed by atoms with Gasteiger partial charge in [0.05, 0.1) is 41.2 Å². The lowest BCUT2D eigenvalue weighted by Gasteiger charge is -2.27. The second kappa shape index (κ2) is 13.9. The Balaban J connectivity index is 1.51. The zero-order valence-electron chi connectivity index (χ0n) is 27.0. The summed E-state index contributed by atoms with van der Waals surface area (Å²) in [5.41, 5.74) is 4.15. The van der Waals surface area contributed by atoms with Gasteiger partial charge in [0, 0.05) is 18.5 Å². The number of rotatable bonds is 10. The maximum atomic E-state index is 14.5. The number of carbonyl (C=O) groups excluding carboxylic acids is 5. The largest absolute Gasteiger partial charge is 0.384 e. The van der Waals surface area contributed by atoms with E-state index in [9.17, 15) is 33.9 Å². The standard InChI is InChI=1S/C32H39N9O7/c1-17(26(42)27(33)43)37-30(46)24-13-20(41-25(14-36-39-41)32(2,3)48)15-40(24)31(47)23(11-18-7-5-4-6-8-18)38-28(44)19-9-10-21-22(12-19)34-16-35-29(21)45/h9-10,12,14,16-18,20,24,48H,4-8,11,13,15H2,1-3H3,(H2,33,43)(H,37,46)(H,34,35,45)/t17?,20-,24-/m0/s1. The molecule has 48 heavy (non-hydrogen) atoms. The van der Waals surface area contributed by atoms with Gasteiger partial charge in [-0.25, -0.2) is 14.7 Å². The summed E-state index contributed by atoms with van der Waals surface area (Å²) in [4.78, 5) is 89.7. The van der Waals surface area contributed by atoms with Crippen LogP contribution in [0.3, 0.4) is 0 Å². The van der Waals surface area contributed by atoms with Crippen LogP contribution in [0.1, 0.15) is 87.8 Å². The Kier molecular flexibility index (Phi) is 9.93. The van der Waals surface area contributed by atoms with Crippen LogP contribution < -0.4 is 16.6 Å². The van der Waals surface area contributed by atoms with E-state index in [1.165, 1.54) is 47.2 Å². The number of hydrogen-bond acceptors (Lipinski definition) is 10. The molecule has 3 aromatic rings. The van der Waals surface area contributed by atoms with Crippen LogP contribution in [-0.4, -0.2) is 88.7 Å². The minimum Gasteiger partial charge on any atom is -0.384 e. The van der Waals surface area contributed by atoms with Crippen molar-refractivity contribution in [2.75, 3.05) is 6.54 Å². The third-order valence-corrected chi connectivity index (χ3v) is 8.96. The molecule has 1 unspecified atom stereocenters. The molecule has 2 aromatic heterocycles. The molecule has 5 N–H and O–H groups in total. The molecule has 0 radical (unpaired) electrons. The maximum Gasteiger partial charge on any atom is 0.287 e. The van der Waals surface area contributed by atoms with Gasteiger partial charge in [0.1, 0.15) is 17.4 Å². The number of nitrogens with two attached hydrogens (primary N) is 1. The summed E-state index contributed by atoms with van der Waals surface area (Å²) in [6, 6.07) is 1.30. The van der Waals surface area contributed by atoms with Crippen molar-refractivity contribution in [3.8, 4) is 0 Å². The molecule has 1 saturated carbocycles. The molecule has 1 aliphatic carbocycles. The van der Waals surface area contributed by atoms with Gasteiger partial charge in [0.15, 0.2) is 0 Å². The summed E-state index contributed by atoms with van der Waals surface area (Å²) in [5, 5.41) is 21.6. The number of benzene rings is 1. The number of amides is 4. The molecule has 3 heterocycles. The number of nitrogens with zero attached hydrogens (tertiary/aromatic N) is 6. The molecule has 1 aliphatic heterocycles. The van der Waals surface area contributed by atoms with E-state index in [1.54, 1.807) is 13.8 Å². The highest BCUT2D eigenvalue weighted by Crippen LogP contribution is 2.33. The average molecular weight is 662 g/mol. The van der Waals surface area contributed by atoms with Crippen LogP contribution in [0.2, 0.25) is 0 Å². The number of aromatic amines is 1. The molecule has 0 bridgehead atoms. The number of aliphatic hydroxyl groups is 1. The lowest BCUT2D eigenvalue weighted by molar-refractivity contribution is -0.139. The SMILES string of the molecule is CC(NC(=O)[C@@H]1C[C@H](n2nncc2C(C)(C)O)CN1C(=O)C(CC1CCCCC1)=NC(=O)c1ccc2c(=O)[nH]cnc2c1)C(=O)C(N)=O. The molecule has 4 amide bonds. The number of aromatic nitrogens is 5. The molecule has 2 aliphatic rings. The normalized spacial score (nSPS) is 19.7. The Morgan fingerprint density at radius 3 is 2.58 bits per heavy atom. The smallest absolute Gasteiger partial charge is 0.287 e. The van der Waals surface area contributed by atoms with E-state index >= 15 is 0 Å². The molecule has 2 fully saturated rings. The second-order valence-electron chi connectivity index (χ2n) is 13.0. The fourth-order valence-electron chi connectivity index (χ4n) is 6.40. The van der Waals surface area contributed by atoms with E-state index in [4.69, 9.17) is 5.73 Å². The van der Waals surface area contributed by atoms with Crippen molar-refractivity contribution in [2.45, 2.75) is 89.4 Å². The number of carbonyl (C=O) groups is 5. The molecule has 16 heteroatoms. The molecule has 254 valence electrons. The van der Waals surface area contributed by atoms with Gasteiger partial charge in [0.25, 0.3) is 23.3 Å². The quantitative estimate of drug-likeness (QED) is 0.175. The van der Waals surface area contributed by atoms with Gasteiger partial charge in [-0.2, -0.15) is 0 Å². The number of hydrogen-bond donors (Lipinski definition) is 4. The average Bonchev–Trinajstić information content (AvgIpc) is 3.72. The van der Waals surface area contributed by atoms with Gasteiger partial charge in [-0.05, 0) is 51.3 Å². The summed E-state index contributed by atoms with van der Waals surface area (Å²) in [5.74, 6) is -4.21. The first-order valence-electron chi connectivity index (χ1n) is 15.9. The highest BCUT2D eigenvalue weighted by Gasteiger charge is 2.44.